The first-order chi connectivity index (χ1) is 13.4. The summed E-state index contributed by atoms with van der Waals surface area (Å²) < 4.78 is 27.7. The van der Waals surface area contributed by atoms with Crippen LogP contribution in [0.15, 0.2) is 58.4 Å². The van der Waals surface area contributed by atoms with Gasteiger partial charge >= 0.3 is 0 Å². The van der Waals surface area contributed by atoms with Gasteiger partial charge in [0.25, 0.3) is 0 Å². The predicted octanol–water partition coefficient (Wildman–Crippen LogP) is 1.68. The molecule has 0 atom stereocenters. The van der Waals surface area contributed by atoms with Gasteiger partial charge in [0.05, 0.1) is 12.0 Å². The van der Waals surface area contributed by atoms with Crippen molar-refractivity contribution < 1.29 is 13.2 Å². The quantitative estimate of drug-likeness (QED) is 0.436. The second kappa shape index (κ2) is 10.7. The zero-order valence-electron chi connectivity index (χ0n) is 16.3. The molecule has 7 nitrogen and oxygen atoms in total. The molecule has 2 aromatic carbocycles. The number of hydrogen-bond acceptors (Lipinski definition) is 4. The van der Waals surface area contributed by atoms with Gasteiger partial charge in [0.15, 0.2) is 5.96 Å². The second-order valence-corrected chi connectivity index (χ2v) is 7.79. The Balaban J connectivity index is 1.83. The molecular weight excluding hydrogens is 376 g/mol. The van der Waals surface area contributed by atoms with E-state index in [1.165, 1.54) is 17.7 Å². The number of ether oxygens (including phenoxy) is 1. The molecule has 28 heavy (non-hydrogen) atoms. The molecule has 0 heterocycles. The molecular formula is C20H28N4O3S. The summed E-state index contributed by atoms with van der Waals surface area (Å²) in [5.41, 5.74) is 2.23. The van der Waals surface area contributed by atoms with E-state index in [0.717, 1.165) is 36.8 Å². The summed E-state index contributed by atoms with van der Waals surface area (Å²) in [6.45, 7) is 4.15. The van der Waals surface area contributed by atoms with Crippen molar-refractivity contribution in [1.29, 1.82) is 0 Å². The van der Waals surface area contributed by atoms with Gasteiger partial charge in [0, 0.05) is 19.6 Å². The minimum Gasteiger partial charge on any atom is -0.497 e. The number of rotatable bonds is 9. The Kier molecular flexibility index (Phi) is 8.28. The number of guanidine groups is 1. The van der Waals surface area contributed by atoms with Crippen molar-refractivity contribution in [3.8, 4) is 5.75 Å². The summed E-state index contributed by atoms with van der Waals surface area (Å²) in [6.07, 6.45) is 1.59. The average molecular weight is 405 g/mol. The van der Waals surface area contributed by atoms with E-state index in [1.54, 1.807) is 19.2 Å². The fraction of sp³-hybridized carbons (Fsp3) is 0.350. The van der Waals surface area contributed by atoms with Crippen LogP contribution in [0.4, 0.5) is 0 Å². The lowest BCUT2D eigenvalue weighted by molar-refractivity contribution is 0.414. The van der Waals surface area contributed by atoms with Crippen molar-refractivity contribution in [2.45, 2.75) is 24.7 Å². The van der Waals surface area contributed by atoms with E-state index in [9.17, 15) is 8.42 Å². The minimum absolute atomic E-state index is 0.119. The Morgan fingerprint density at radius 3 is 2.18 bits per heavy atom. The van der Waals surface area contributed by atoms with Crippen LogP contribution in [0, 0.1) is 0 Å². The zero-order chi connectivity index (χ0) is 20.4. The molecule has 0 radical (unpaired) electrons. The first-order valence-corrected chi connectivity index (χ1v) is 10.7. The number of aliphatic imine (C=N–C) groups is 1. The lowest BCUT2D eigenvalue weighted by Crippen LogP contribution is -2.38. The van der Waals surface area contributed by atoms with Gasteiger partial charge in [-0.1, -0.05) is 24.3 Å². The van der Waals surface area contributed by atoms with E-state index in [0.29, 0.717) is 13.0 Å². The molecule has 0 amide bonds. The molecule has 0 saturated carbocycles. The largest absolute Gasteiger partial charge is 0.497 e. The third-order valence-corrected chi connectivity index (χ3v) is 5.06. The van der Waals surface area contributed by atoms with Crippen LogP contribution in [0.5, 0.6) is 5.75 Å². The summed E-state index contributed by atoms with van der Waals surface area (Å²) in [4.78, 5) is 4.69. The Hall–Kier alpha value is -2.58. The van der Waals surface area contributed by atoms with Gasteiger partial charge in [0.1, 0.15) is 5.75 Å². The molecule has 0 aromatic heterocycles. The Morgan fingerprint density at radius 2 is 1.61 bits per heavy atom. The molecule has 0 unspecified atom stereocenters. The van der Waals surface area contributed by atoms with Crippen LogP contribution in [0.25, 0.3) is 0 Å². The van der Waals surface area contributed by atoms with Crippen LogP contribution in [-0.4, -0.2) is 41.1 Å². The third kappa shape index (κ3) is 7.21. The summed E-state index contributed by atoms with van der Waals surface area (Å²) in [5.74, 6) is 1.61. The Labute approximate surface area is 167 Å². The summed E-state index contributed by atoms with van der Waals surface area (Å²) >= 11 is 0. The van der Waals surface area contributed by atoms with E-state index in [2.05, 4.69) is 27.8 Å². The van der Waals surface area contributed by atoms with Gasteiger partial charge in [-0.25, -0.2) is 13.6 Å². The maximum atomic E-state index is 11.3. The highest BCUT2D eigenvalue weighted by atomic mass is 32.2. The van der Waals surface area contributed by atoms with E-state index >= 15 is 0 Å². The van der Waals surface area contributed by atoms with Crippen molar-refractivity contribution in [3.05, 3.63) is 59.7 Å². The number of benzene rings is 2. The van der Waals surface area contributed by atoms with Gasteiger partial charge in [-0.05, 0) is 55.2 Å². The van der Waals surface area contributed by atoms with E-state index in [4.69, 9.17) is 9.88 Å². The van der Waals surface area contributed by atoms with Crippen LogP contribution in [0.3, 0.4) is 0 Å². The van der Waals surface area contributed by atoms with E-state index in [1.807, 2.05) is 19.1 Å². The van der Waals surface area contributed by atoms with Gasteiger partial charge < -0.3 is 15.4 Å². The van der Waals surface area contributed by atoms with Gasteiger partial charge in [-0.3, -0.25) is 4.99 Å². The highest BCUT2D eigenvalue weighted by molar-refractivity contribution is 7.89. The number of nitrogens with zero attached hydrogens (tertiary/aromatic N) is 1. The van der Waals surface area contributed by atoms with Crippen LogP contribution in [0.2, 0.25) is 0 Å². The van der Waals surface area contributed by atoms with E-state index in [-0.39, 0.29) is 4.90 Å². The summed E-state index contributed by atoms with van der Waals surface area (Å²) in [7, 11) is -2.00. The maximum absolute atomic E-state index is 11.3. The fourth-order valence-electron chi connectivity index (χ4n) is 2.60. The molecule has 2 aromatic rings. The smallest absolute Gasteiger partial charge is 0.238 e. The number of primary sulfonamides is 1. The third-order valence-electron chi connectivity index (χ3n) is 4.13. The van der Waals surface area contributed by atoms with Crippen molar-refractivity contribution in [2.75, 3.05) is 26.7 Å². The normalized spacial score (nSPS) is 11.9. The molecule has 0 fully saturated rings. The summed E-state index contributed by atoms with van der Waals surface area (Å²) in [5, 5.41) is 11.7. The van der Waals surface area contributed by atoms with Crippen molar-refractivity contribution >= 4 is 16.0 Å². The first-order valence-electron chi connectivity index (χ1n) is 9.19. The van der Waals surface area contributed by atoms with Crippen LogP contribution >= 0.6 is 0 Å². The monoisotopic (exact) mass is 404 g/mol. The molecule has 0 spiro atoms. The van der Waals surface area contributed by atoms with Crippen molar-refractivity contribution in [3.63, 3.8) is 0 Å². The lowest BCUT2D eigenvalue weighted by Gasteiger charge is -2.11. The standard InChI is InChI=1S/C20H28N4O3S/c1-3-22-20(23-14-12-16-4-8-18(27-2)9-5-16)24-15-13-17-6-10-19(11-7-17)28(21,25)26/h4-11H,3,12-15H2,1-2H3,(H2,21,25,26)(H2,22,23,24). The predicted molar refractivity (Wildman–Crippen MR) is 112 cm³/mol. The Bertz CT molecular complexity index is 863. The Morgan fingerprint density at radius 1 is 1.00 bits per heavy atom. The molecule has 8 heteroatoms. The first kappa shape index (κ1) is 21.7. The second-order valence-electron chi connectivity index (χ2n) is 6.22. The molecule has 0 aliphatic carbocycles. The van der Waals surface area contributed by atoms with Gasteiger partial charge in [-0.15, -0.1) is 0 Å². The fourth-order valence-corrected chi connectivity index (χ4v) is 3.12. The van der Waals surface area contributed by atoms with Crippen LogP contribution in [0.1, 0.15) is 18.1 Å². The van der Waals surface area contributed by atoms with E-state index < -0.39 is 10.0 Å². The summed E-state index contributed by atoms with van der Waals surface area (Å²) in [6, 6.07) is 14.6. The van der Waals surface area contributed by atoms with Crippen molar-refractivity contribution in [1.82, 2.24) is 10.6 Å². The minimum atomic E-state index is -3.65. The van der Waals surface area contributed by atoms with Crippen molar-refractivity contribution in [2.24, 2.45) is 10.1 Å². The van der Waals surface area contributed by atoms with Gasteiger partial charge in [-0.2, -0.15) is 0 Å². The topological polar surface area (TPSA) is 106 Å². The zero-order valence-corrected chi connectivity index (χ0v) is 17.1. The molecule has 4 N–H and O–H groups in total. The van der Waals surface area contributed by atoms with Crippen LogP contribution < -0.4 is 20.5 Å². The molecule has 0 saturated heterocycles. The molecule has 0 aliphatic rings. The number of methoxy groups -OCH3 is 1. The lowest BCUT2D eigenvalue weighted by atomic mass is 10.1. The molecule has 0 bridgehead atoms. The van der Waals surface area contributed by atoms with Crippen LogP contribution in [-0.2, 0) is 22.9 Å². The number of nitrogens with one attached hydrogen (secondary N) is 2. The molecule has 2 rings (SSSR count). The number of nitrogens with two attached hydrogens (primary N) is 1. The highest BCUT2D eigenvalue weighted by Gasteiger charge is 2.06. The maximum Gasteiger partial charge on any atom is 0.238 e. The highest BCUT2D eigenvalue weighted by Crippen LogP contribution is 2.11. The average Bonchev–Trinajstić information content (AvgIpc) is 2.68. The molecule has 152 valence electrons. The number of hydrogen-bond donors (Lipinski definition) is 3. The molecule has 0 aliphatic heterocycles. The SMILES string of the molecule is CCNC(=NCCc1ccc(S(N)(=O)=O)cc1)NCCc1ccc(OC)cc1. The van der Waals surface area contributed by atoms with Gasteiger partial charge in [0.2, 0.25) is 10.0 Å². The number of sulfonamides is 1.